The molecule has 0 bridgehead atoms. The molecule has 1 aromatic heterocycles. The molecule has 0 radical (unpaired) electrons. The van der Waals surface area contributed by atoms with Crippen molar-refractivity contribution in [3.8, 4) is 0 Å². The Morgan fingerprint density at radius 2 is 2.07 bits per heavy atom. The summed E-state index contributed by atoms with van der Waals surface area (Å²) in [6.07, 6.45) is 6.41. The summed E-state index contributed by atoms with van der Waals surface area (Å²) in [6.45, 7) is 11.2. The second-order valence-corrected chi connectivity index (χ2v) is 8.61. The largest absolute Gasteiger partial charge is 0.444 e. The van der Waals surface area contributed by atoms with Gasteiger partial charge in [-0.05, 0) is 71.2 Å². The summed E-state index contributed by atoms with van der Waals surface area (Å²) in [5.41, 5.74) is 2.22. The minimum atomic E-state index is -0.424. The van der Waals surface area contributed by atoms with Crippen LogP contribution >= 0.6 is 0 Å². The molecule has 1 aliphatic carbocycles. The van der Waals surface area contributed by atoms with Crippen LogP contribution in [0, 0.1) is 0 Å². The average Bonchev–Trinajstić information content (AvgIpc) is 2.64. The number of pyridine rings is 1. The number of piperazine rings is 1. The molecule has 27 heavy (non-hydrogen) atoms. The first kappa shape index (κ1) is 20.1. The lowest BCUT2D eigenvalue weighted by Crippen LogP contribution is -2.50. The van der Waals surface area contributed by atoms with E-state index in [0.717, 1.165) is 52.1 Å². The molecule has 1 aromatic rings. The standard InChI is InChI=1S/C21H34N4O2/c1-21(2,3)27-20(26)25-15-13-24(14-16-25)12-6-11-22-18-9-4-7-17-8-5-10-23-19(17)18/h5,8,10,18,22H,4,6-7,9,11-16H2,1-3H3/t18-/m0/s1. The number of carbonyl (C=O) groups is 1. The van der Waals surface area contributed by atoms with Gasteiger partial charge in [-0.3, -0.25) is 9.88 Å². The van der Waals surface area contributed by atoms with Crippen LogP contribution < -0.4 is 5.32 Å². The number of hydrogen-bond acceptors (Lipinski definition) is 5. The summed E-state index contributed by atoms with van der Waals surface area (Å²) in [4.78, 5) is 21.0. The van der Waals surface area contributed by atoms with Gasteiger partial charge in [0.25, 0.3) is 0 Å². The van der Waals surface area contributed by atoms with Crippen molar-refractivity contribution in [2.45, 2.75) is 58.1 Å². The molecule has 6 nitrogen and oxygen atoms in total. The maximum atomic E-state index is 12.1. The molecule has 0 unspecified atom stereocenters. The fourth-order valence-electron chi connectivity index (χ4n) is 3.87. The zero-order valence-corrected chi connectivity index (χ0v) is 17.0. The number of aryl methyl sites for hydroxylation is 1. The molecule has 2 heterocycles. The molecule has 1 aliphatic heterocycles. The molecule has 2 aliphatic rings. The molecular formula is C21H34N4O2. The van der Waals surface area contributed by atoms with Crippen molar-refractivity contribution in [3.05, 3.63) is 29.6 Å². The van der Waals surface area contributed by atoms with E-state index < -0.39 is 5.60 Å². The molecule has 3 rings (SSSR count). The maximum absolute atomic E-state index is 12.1. The quantitative estimate of drug-likeness (QED) is 0.803. The van der Waals surface area contributed by atoms with Crippen LogP contribution in [0.3, 0.4) is 0 Å². The Hall–Kier alpha value is -1.66. The number of aromatic nitrogens is 1. The van der Waals surface area contributed by atoms with Gasteiger partial charge in [0.05, 0.1) is 5.69 Å². The van der Waals surface area contributed by atoms with Gasteiger partial charge < -0.3 is 15.0 Å². The first-order valence-electron chi connectivity index (χ1n) is 10.3. The maximum Gasteiger partial charge on any atom is 0.410 e. The number of ether oxygens (including phenoxy) is 1. The van der Waals surface area contributed by atoms with Crippen LogP contribution in [-0.2, 0) is 11.2 Å². The van der Waals surface area contributed by atoms with Gasteiger partial charge >= 0.3 is 6.09 Å². The fraction of sp³-hybridized carbons (Fsp3) is 0.714. The summed E-state index contributed by atoms with van der Waals surface area (Å²) < 4.78 is 5.46. The van der Waals surface area contributed by atoms with E-state index in [-0.39, 0.29) is 6.09 Å². The number of hydrogen-bond donors (Lipinski definition) is 1. The van der Waals surface area contributed by atoms with Gasteiger partial charge in [0, 0.05) is 38.4 Å². The fourth-order valence-corrected chi connectivity index (χ4v) is 3.87. The minimum Gasteiger partial charge on any atom is -0.444 e. The normalized spacial score (nSPS) is 21.0. The highest BCUT2D eigenvalue weighted by molar-refractivity contribution is 5.68. The van der Waals surface area contributed by atoms with Gasteiger partial charge in [0.1, 0.15) is 5.60 Å². The molecule has 1 saturated heterocycles. The van der Waals surface area contributed by atoms with Gasteiger partial charge in [0.2, 0.25) is 0 Å². The van der Waals surface area contributed by atoms with Crippen molar-refractivity contribution in [1.29, 1.82) is 0 Å². The molecule has 1 atom stereocenters. The van der Waals surface area contributed by atoms with Crippen LogP contribution in [0.15, 0.2) is 18.3 Å². The van der Waals surface area contributed by atoms with E-state index in [1.807, 2.05) is 37.9 Å². The van der Waals surface area contributed by atoms with Crippen LogP contribution in [0.2, 0.25) is 0 Å². The van der Waals surface area contributed by atoms with Crippen molar-refractivity contribution in [2.75, 3.05) is 39.3 Å². The SMILES string of the molecule is CC(C)(C)OC(=O)N1CCN(CCCN[C@H]2CCCc3cccnc32)CC1. The Morgan fingerprint density at radius 1 is 1.30 bits per heavy atom. The smallest absolute Gasteiger partial charge is 0.410 e. The third-order valence-corrected chi connectivity index (χ3v) is 5.26. The van der Waals surface area contributed by atoms with Crippen LogP contribution in [0.4, 0.5) is 4.79 Å². The molecule has 0 aromatic carbocycles. The van der Waals surface area contributed by atoms with Crippen LogP contribution in [0.25, 0.3) is 0 Å². The van der Waals surface area contributed by atoms with Crippen LogP contribution in [0.5, 0.6) is 0 Å². The van der Waals surface area contributed by atoms with E-state index in [0.29, 0.717) is 6.04 Å². The zero-order valence-electron chi connectivity index (χ0n) is 17.0. The lowest BCUT2D eigenvalue weighted by Gasteiger charge is -2.35. The number of fused-ring (bicyclic) bond motifs is 1. The van der Waals surface area contributed by atoms with E-state index in [1.165, 1.54) is 24.1 Å². The highest BCUT2D eigenvalue weighted by Gasteiger charge is 2.26. The van der Waals surface area contributed by atoms with Crippen molar-refractivity contribution in [2.24, 2.45) is 0 Å². The third-order valence-electron chi connectivity index (χ3n) is 5.26. The molecule has 0 saturated carbocycles. The minimum absolute atomic E-state index is 0.188. The Morgan fingerprint density at radius 3 is 2.81 bits per heavy atom. The van der Waals surface area contributed by atoms with Crippen molar-refractivity contribution >= 4 is 6.09 Å². The highest BCUT2D eigenvalue weighted by Crippen LogP contribution is 2.27. The first-order chi connectivity index (χ1) is 12.9. The van der Waals surface area contributed by atoms with Gasteiger partial charge in [-0.1, -0.05) is 6.07 Å². The number of rotatable bonds is 5. The molecule has 1 fully saturated rings. The molecule has 1 amide bonds. The van der Waals surface area contributed by atoms with E-state index in [2.05, 4.69) is 21.3 Å². The monoisotopic (exact) mass is 374 g/mol. The second-order valence-electron chi connectivity index (χ2n) is 8.61. The molecular weight excluding hydrogens is 340 g/mol. The van der Waals surface area contributed by atoms with Crippen molar-refractivity contribution in [1.82, 2.24) is 20.1 Å². The van der Waals surface area contributed by atoms with Crippen LogP contribution in [0.1, 0.15) is 57.3 Å². The summed E-state index contributed by atoms with van der Waals surface area (Å²) in [5, 5.41) is 3.70. The molecule has 0 spiro atoms. The third kappa shape index (κ3) is 5.91. The summed E-state index contributed by atoms with van der Waals surface area (Å²) >= 11 is 0. The van der Waals surface area contributed by atoms with Gasteiger partial charge in [-0.25, -0.2) is 4.79 Å². The van der Waals surface area contributed by atoms with E-state index >= 15 is 0 Å². The Labute approximate surface area is 163 Å². The topological polar surface area (TPSA) is 57.7 Å². The molecule has 1 N–H and O–H groups in total. The van der Waals surface area contributed by atoms with E-state index in [4.69, 9.17) is 4.74 Å². The zero-order chi connectivity index (χ0) is 19.3. The Bertz CT molecular complexity index is 621. The van der Waals surface area contributed by atoms with Crippen LogP contribution in [-0.4, -0.2) is 65.7 Å². The predicted octanol–water partition coefficient (Wildman–Crippen LogP) is 2.99. The lowest BCUT2D eigenvalue weighted by atomic mass is 9.92. The molecule has 150 valence electrons. The number of carbonyl (C=O) groups excluding carboxylic acids is 1. The summed E-state index contributed by atoms with van der Waals surface area (Å²) in [7, 11) is 0. The van der Waals surface area contributed by atoms with Crippen molar-refractivity contribution in [3.63, 3.8) is 0 Å². The number of nitrogens with one attached hydrogen (secondary N) is 1. The Kier molecular flexibility index (Phi) is 6.71. The van der Waals surface area contributed by atoms with Crippen molar-refractivity contribution < 1.29 is 9.53 Å². The van der Waals surface area contributed by atoms with Gasteiger partial charge in [-0.15, -0.1) is 0 Å². The average molecular weight is 375 g/mol. The van der Waals surface area contributed by atoms with Gasteiger partial charge in [0.15, 0.2) is 0 Å². The number of nitrogens with zero attached hydrogens (tertiary/aromatic N) is 3. The van der Waals surface area contributed by atoms with Gasteiger partial charge in [-0.2, -0.15) is 0 Å². The highest BCUT2D eigenvalue weighted by atomic mass is 16.6. The predicted molar refractivity (Wildman–Crippen MR) is 107 cm³/mol. The Balaban J connectivity index is 1.34. The lowest BCUT2D eigenvalue weighted by molar-refractivity contribution is 0.0144. The summed E-state index contributed by atoms with van der Waals surface area (Å²) in [5.74, 6) is 0. The first-order valence-corrected chi connectivity index (χ1v) is 10.3. The second kappa shape index (κ2) is 9.02. The number of amides is 1. The van der Waals surface area contributed by atoms with E-state index in [1.54, 1.807) is 0 Å². The van der Waals surface area contributed by atoms with E-state index in [9.17, 15) is 4.79 Å². The molecule has 6 heteroatoms. The summed E-state index contributed by atoms with van der Waals surface area (Å²) in [6, 6.07) is 4.65.